The topological polar surface area (TPSA) is 0 Å². The smallest absolute Gasteiger partial charge is 0.127 e. The van der Waals surface area contributed by atoms with E-state index in [-0.39, 0.29) is 5.82 Å². The first kappa shape index (κ1) is 11.2. The molecular weight excluding hydrogens is 223 g/mol. The molecule has 0 aliphatic carbocycles. The molecule has 0 spiro atoms. The Morgan fingerprint density at radius 3 is 2.19 bits per heavy atom. The summed E-state index contributed by atoms with van der Waals surface area (Å²) in [5.41, 5.74) is 2.61. The molecule has 0 bridgehead atoms. The van der Waals surface area contributed by atoms with Gasteiger partial charge in [0.1, 0.15) is 5.82 Å². The lowest BCUT2D eigenvalue weighted by molar-refractivity contribution is 0.613. The van der Waals surface area contributed by atoms with Crippen LogP contribution in [-0.2, 0) is 6.42 Å². The van der Waals surface area contributed by atoms with Crippen molar-refractivity contribution in [2.75, 3.05) is 0 Å². The average Bonchev–Trinajstić information content (AvgIpc) is 2.30. The molecular formula is C14H12ClF. The van der Waals surface area contributed by atoms with Crippen LogP contribution < -0.4 is 0 Å². The van der Waals surface area contributed by atoms with Crippen LogP contribution in [-0.4, -0.2) is 0 Å². The van der Waals surface area contributed by atoms with Gasteiger partial charge < -0.3 is 0 Å². The summed E-state index contributed by atoms with van der Waals surface area (Å²) < 4.78 is 13.6. The largest absolute Gasteiger partial charge is 0.207 e. The first-order chi connectivity index (χ1) is 7.70. The zero-order valence-corrected chi connectivity index (χ0v) is 9.76. The summed E-state index contributed by atoms with van der Waals surface area (Å²) in [6, 6.07) is 12.7. The second kappa shape index (κ2) is 4.67. The maximum absolute atomic E-state index is 13.6. The van der Waals surface area contributed by atoms with Crippen LogP contribution in [0.2, 0.25) is 5.02 Å². The highest BCUT2D eigenvalue weighted by atomic mass is 35.5. The van der Waals surface area contributed by atoms with E-state index >= 15 is 0 Å². The molecule has 16 heavy (non-hydrogen) atoms. The molecule has 82 valence electrons. The summed E-state index contributed by atoms with van der Waals surface area (Å²) in [4.78, 5) is 0. The number of hydrogen-bond acceptors (Lipinski definition) is 0. The predicted octanol–water partition coefficient (Wildman–Crippen LogP) is 4.71. The molecule has 2 aromatic rings. The number of benzene rings is 2. The van der Waals surface area contributed by atoms with Gasteiger partial charge in [-0.1, -0.05) is 42.8 Å². The van der Waals surface area contributed by atoms with Crippen LogP contribution in [0.15, 0.2) is 42.5 Å². The molecule has 2 rings (SSSR count). The molecule has 0 radical (unpaired) electrons. The SMILES string of the molecule is CCc1ccc(-c2ccc(Cl)cc2)cc1F. The van der Waals surface area contributed by atoms with Gasteiger partial charge in [-0.3, -0.25) is 0 Å². The van der Waals surface area contributed by atoms with Gasteiger partial charge in [0.05, 0.1) is 0 Å². The molecule has 2 heteroatoms. The molecule has 0 saturated carbocycles. The molecule has 0 aliphatic heterocycles. The van der Waals surface area contributed by atoms with Crippen molar-refractivity contribution < 1.29 is 4.39 Å². The van der Waals surface area contributed by atoms with Gasteiger partial charge in [0, 0.05) is 5.02 Å². The summed E-state index contributed by atoms with van der Waals surface area (Å²) >= 11 is 5.80. The predicted molar refractivity (Wildman–Crippen MR) is 66.2 cm³/mol. The third-order valence-corrected chi connectivity index (χ3v) is 2.86. The van der Waals surface area contributed by atoms with Crippen LogP contribution in [0, 0.1) is 5.82 Å². The third-order valence-electron chi connectivity index (χ3n) is 2.61. The van der Waals surface area contributed by atoms with E-state index in [1.54, 1.807) is 6.07 Å². The van der Waals surface area contributed by atoms with Gasteiger partial charge in [-0.05, 0) is 41.3 Å². The van der Waals surface area contributed by atoms with Crippen LogP contribution >= 0.6 is 11.6 Å². The van der Waals surface area contributed by atoms with Crippen molar-refractivity contribution >= 4 is 11.6 Å². The Balaban J connectivity index is 2.41. The molecule has 0 amide bonds. The molecule has 0 N–H and O–H groups in total. The highest BCUT2D eigenvalue weighted by Gasteiger charge is 2.03. The van der Waals surface area contributed by atoms with E-state index in [0.29, 0.717) is 11.4 Å². The van der Waals surface area contributed by atoms with E-state index in [0.717, 1.165) is 16.7 Å². The zero-order valence-electron chi connectivity index (χ0n) is 9.00. The van der Waals surface area contributed by atoms with Gasteiger partial charge in [-0.25, -0.2) is 4.39 Å². The molecule has 0 aliphatic rings. The zero-order chi connectivity index (χ0) is 11.5. The molecule has 0 aromatic heterocycles. The quantitative estimate of drug-likeness (QED) is 0.706. The third kappa shape index (κ3) is 2.25. The maximum Gasteiger partial charge on any atom is 0.127 e. The fraction of sp³-hybridized carbons (Fsp3) is 0.143. The minimum atomic E-state index is -0.144. The monoisotopic (exact) mass is 234 g/mol. The minimum Gasteiger partial charge on any atom is -0.207 e. The maximum atomic E-state index is 13.6. The molecule has 0 unspecified atom stereocenters. The lowest BCUT2D eigenvalue weighted by atomic mass is 10.0. The first-order valence-corrected chi connectivity index (χ1v) is 5.63. The van der Waals surface area contributed by atoms with E-state index in [4.69, 9.17) is 11.6 Å². The first-order valence-electron chi connectivity index (χ1n) is 5.25. The van der Waals surface area contributed by atoms with Crippen LogP contribution in [0.5, 0.6) is 0 Å². The van der Waals surface area contributed by atoms with Crippen molar-refractivity contribution in [1.29, 1.82) is 0 Å². The molecule has 0 fully saturated rings. The molecule has 0 atom stereocenters. The van der Waals surface area contributed by atoms with E-state index in [2.05, 4.69) is 0 Å². The lowest BCUT2D eigenvalue weighted by Crippen LogP contribution is -1.88. The van der Waals surface area contributed by atoms with Crippen LogP contribution in [0.3, 0.4) is 0 Å². The van der Waals surface area contributed by atoms with E-state index in [9.17, 15) is 4.39 Å². The highest BCUT2D eigenvalue weighted by Crippen LogP contribution is 2.23. The van der Waals surface area contributed by atoms with Gasteiger partial charge in [-0.15, -0.1) is 0 Å². The Labute approximate surface area is 99.7 Å². The molecule has 0 nitrogen and oxygen atoms in total. The highest BCUT2D eigenvalue weighted by molar-refractivity contribution is 6.30. The van der Waals surface area contributed by atoms with Gasteiger partial charge in [0.25, 0.3) is 0 Å². The summed E-state index contributed by atoms with van der Waals surface area (Å²) in [5.74, 6) is -0.144. The van der Waals surface area contributed by atoms with E-state index < -0.39 is 0 Å². The molecule has 2 aromatic carbocycles. The van der Waals surface area contributed by atoms with Crippen molar-refractivity contribution in [1.82, 2.24) is 0 Å². The molecule has 0 saturated heterocycles. The van der Waals surface area contributed by atoms with Crippen molar-refractivity contribution in [3.05, 3.63) is 58.9 Å². The van der Waals surface area contributed by atoms with Crippen LogP contribution in [0.25, 0.3) is 11.1 Å². The summed E-state index contributed by atoms with van der Waals surface area (Å²) in [6.45, 7) is 1.94. The van der Waals surface area contributed by atoms with Crippen molar-refractivity contribution in [2.45, 2.75) is 13.3 Å². The fourth-order valence-electron chi connectivity index (χ4n) is 1.66. The Hall–Kier alpha value is -1.34. The van der Waals surface area contributed by atoms with Crippen LogP contribution in [0.4, 0.5) is 4.39 Å². The summed E-state index contributed by atoms with van der Waals surface area (Å²) in [7, 11) is 0. The van der Waals surface area contributed by atoms with E-state index in [1.807, 2.05) is 43.3 Å². The average molecular weight is 235 g/mol. The second-order valence-corrected chi connectivity index (χ2v) is 4.10. The normalized spacial score (nSPS) is 10.4. The van der Waals surface area contributed by atoms with Gasteiger partial charge >= 0.3 is 0 Å². The number of halogens is 2. The van der Waals surface area contributed by atoms with E-state index in [1.165, 1.54) is 0 Å². The van der Waals surface area contributed by atoms with Gasteiger partial charge in [-0.2, -0.15) is 0 Å². The van der Waals surface area contributed by atoms with Gasteiger partial charge in [0.2, 0.25) is 0 Å². The Kier molecular flexibility index (Phi) is 3.25. The standard InChI is InChI=1S/C14H12ClF/c1-2-10-3-4-12(9-14(10)16)11-5-7-13(15)8-6-11/h3-9H,2H2,1H3. The second-order valence-electron chi connectivity index (χ2n) is 3.67. The fourth-order valence-corrected chi connectivity index (χ4v) is 1.78. The number of hydrogen-bond donors (Lipinski definition) is 0. The number of rotatable bonds is 2. The summed E-state index contributed by atoms with van der Waals surface area (Å²) in [5, 5.41) is 0.689. The van der Waals surface area contributed by atoms with Crippen molar-refractivity contribution in [3.63, 3.8) is 0 Å². The van der Waals surface area contributed by atoms with Crippen molar-refractivity contribution in [2.24, 2.45) is 0 Å². The van der Waals surface area contributed by atoms with Crippen molar-refractivity contribution in [3.8, 4) is 11.1 Å². The minimum absolute atomic E-state index is 0.144. The lowest BCUT2D eigenvalue weighted by Gasteiger charge is -2.05. The Bertz CT molecular complexity index is 489. The number of aryl methyl sites for hydroxylation is 1. The van der Waals surface area contributed by atoms with Crippen LogP contribution in [0.1, 0.15) is 12.5 Å². The molecule has 0 heterocycles. The summed E-state index contributed by atoms with van der Waals surface area (Å²) in [6.07, 6.45) is 0.715. The Morgan fingerprint density at radius 2 is 1.62 bits per heavy atom. The van der Waals surface area contributed by atoms with Gasteiger partial charge in [0.15, 0.2) is 0 Å². The Morgan fingerprint density at radius 1 is 1.00 bits per heavy atom.